The van der Waals surface area contributed by atoms with Gasteiger partial charge in [0, 0.05) is 33.2 Å². The minimum atomic E-state index is 0.0741. The molecule has 0 radical (unpaired) electrons. The molecule has 0 spiro atoms. The van der Waals surface area contributed by atoms with Gasteiger partial charge in [0.05, 0.1) is 40.8 Å². The first kappa shape index (κ1) is 25.1. The smallest absolute Gasteiger partial charge is 0.239 e. The predicted octanol–water partition coefficient (Wildman–Crippen LogP) is 2.66. The Hall–Kier alpha value is -2.84. The number of para-hydroxylation sites is 2. The van der Waals surface area contributed by atoms with E-state index in [1.54, 1.807) is 0 Å². The zero-order valence-corrected chi connectivity index (χ0v) is 24.4. The first-order valence-corrected chi connectivity index (χ1v) is 14.9. The molecule has 7 rings (SSSR count). The van der Waals surface area contributed by atoms with Crippen molar-refractivity contribution in [2.45, 2.75) is 30.4 Å². The summed E-state index contributed by atoms with van der Waals surface area (Å²) < 4.78 is 10.1. The Labute approximate surface area is 240 Å². The minimum Gasteiger partial charge on any atom is -0.378 e. The molecule has 6 heterocycles. The second kappa shape index (κ2) is 9.97. The second-order valence-corrected chi connectivity index (χ2v) is 12.1. The summed E-state index contributed by atoms with van der Waals surface area (Å²) in [5.74, 6) is 3.58. The normalized spacial score (nSPS) is 22.2. The highest BCUT2D eigenvalue weighted by Gasteiger charge is 2.37. The summed E-state index contributed by atoms with van der Waals surface area (Å²) in [4.78, 5) is 39.6. The first-order valence-electron chi connectivity index (χ1n) is 13.7. The maximum Gasteiger partial charge on any atom is 0.239 e. The Balaban J connectivity index is 1.25. The molecule has 3 aliphatic rings. The largest absolute Gasteiger partial charge is 0.378 e. The number of rotatable bonds is 5. The van der Waals surface area contributed by atoms with Gasteiger partial charge in [-0.25, -0.2) is 9.97 Å². The standard InChI is InChI=1S/C27H32IN9O2/c1-17-29-19-5-3-4-6-20(19)37(17)27-31-24-23(25(32-27)35-11-13-39-14-12-35)30-22(33(24)2)16-34-9-7-18(15-34)26(38)36-10-8-21(36)28/h3-6,18,21H,7-16H2,1-2H3. The molecule has 204 valence electrons. The summed E-state index contributed by atoms with van der Waals surface area (Å²) in [6.07, 6.45) is 2.00. The zero-order chi connectivity index (χ0) is 26.7. The third-order valence-electron chi connectivity index (χ3n) is 8.24. The van der Waals surface area contributed by atoms with E-state index in [0.29, 0.717) is 35.7 Å². The van der Waals surface area contributed by atoms with Crippen LogP contribution in [-0.4, -0.2) is 94.8 Å². The van der Waals surface area contributed by atoms with Gasteiger partial charge >= 0.3 is 0 Å². The summed E-state index contributed by atoms with van der Waals surface area (Å²) in [7, 11) is 2.03. The maximum absolute atomic E-state index is 13.0. The van der Waals surface area contributed by atoms with Gasteiger partial charge in [-0.2, -0.15) is 9.97 Å². The van der Waals surface area contributed by atoms with E-state index < -0.39 is 0 Å². The average molecular weight is 642 g/mol. The van der Waals surface area contributed by atoms with E-state index in [2.05, 4.69) is 43.0 Å². The van der Waals surface area contributed by atoms with Gasteiger partial charge in [0.2, 0.25) is 11.9 Å². The number of likely N-dealkylation sites (tertiary alicyclic amines) is 2. The third kappa shape index (κ3) is 4.36. The number of anilines is 1. The number of ether oxygens (including phenoxy) is 1. The molecule has 2 atom stereocenters. The SMILES string of the molecule is Cc1nc2ccccc2n1-c1nc(N2CCOCC2)c2nc(CN3CCC(C(=O)N4CCC4I)C3)n(C)c2n1. The van der Waals surface area contributed by atoms with Crippen molar-refractivity contribution in [3.05, 3.63) is 35.9 Å². The van der Waals surface area contributed by atoms with Crippen LogP contribution in [0.2, 0.25) is 0 Å². The molecule has 0 N–H and O–H groups in total. The second-order valence-electron chi connectivity index (χ2n) is 10.7. The van der Waals surface area contributed by atoms with Crippen molar-refractivity contribution in [3.63, 3.8) is 0 Å². The molecule has 3 aromatic heterocycles. The molecule has 3 fully saturated rings. The number of alkyl halides is 1. The van der Waals surface area contributed by atoms with Gasteiger partial charge < -0.3 is 19.1 Å². The lowest BCUT2D eigenvalue weighted by Crippen LogP contribution is -2.50. The van der Waals surface area contributed by atoms with Crippen molar-refractivity contribution >= 4 is 56.5 Å². The molecular formula is C27H32IN9O2. The molecule has 39 heavy (non-hydrogen) atoms. The number of carbonyl (C=O) groups excluding carboxylic acids is 1. The molecule has 11 nitrogen and oxygen atoms in total. The summed E-state index contributed by atoms with van der Waals surface area (Å²) in [6.45, 7) is 8.05. The number of hydrogen-bond acceptors (Lipinski definition) is 8. The molecule has 1 amide bonds. The van der Waals surface area contributed by atoms with Crippen molar-refractivity contribution in [2.75, 3.05) is 50.8 Å². The fraction of sp³-hybridized carbons (Fsp3) is 0.519. The van der Waals surface area contributed by atoms with E-state index in [9.17, 15) is 4.79 Å². The zero-order valence-electron chi connectivity index (χ0n) is 22.3. The molecule has 3 saturated heterocycles. The van der Waals surface area contributed by atoms with E-state index in [1.165, 1.54) is 0 Å². The van der Waals surface area contributed by atoms with Crippen LogP contribution in [0.5, 0.6) is 0 Å². The van der Waals surface area contributed by atoms with E-state index in [0.717, 1.165) is 85.2 Å². The number of hydrogen-bond donors (Lipinski definition) is 0. The third-order valence-corrected chi connectivity index (χ3v) is 9.53. The highest BCUT2D eigenvalue weighted by atomic mass is 127. The number of fused-ring (bicyclic) bond motifs is 2. The fourth-order valence-corrected chi connectivity index (χ4v) is 6.76. The lowest BCUT2D eigenvalue weighted by molar-refractivity contribution is -0.139. The Morgan fingerprint density at radius 2 is 1.87 bits per heavy atom. The maximum atomic E-state index is 13.0. The van der Waals surface area contributed by atoms with Gasteiger partial charge in [-0.3, -0.25) is 14.3 Å². The van der Waals surface area contributed by atoms with Crippen molar-refractivity contribution in [2.24, 2.45) is 13.0 Å². The Morgan fingerprint density at radius 3 is 2.64 bits per heavy atom. The van der Waals surface area contributed by atoms with Gasteiger partial charge in [0.1, 0.15) is 11.6 Å². The van der Waals surface area contributed by atoms with E-state index in [-0.39, 0.29) is 5.92 Å². The average Bonchev–Trinajstić information content (AvgIpc) is 3.63. The van der Waals surface area contributed by atoms with Gasteiger partial charge in [0.25, 0.3) is 0 Å². The summed E-state index contributed by atoms with van der Waals surface area (Å²) in [6, 6.07) is 8.08. The first-order chi connectivity index (χ1) is 19.0. The molecular weight excluding hydrogens is 609 g/mol. The minimum absolute atomic E-state index is 0.0741. The van der Waals surface area contributed by atoms with Crippen LogP contribution in [0, 0.1) is 12.8 Å². The summed E-state index contributed by atoms with van der Waals surface area (Å²) >= 11 is 2.37. The number of imidazole rings is 2. The van der Waals surface area contributed by atoms with E-state index in [4.69, 9.17) is 24.7 Å². The number of benzene rings is 1. The lowest BCUT2D eigenvalue weighted by Gasteiger charge is -2.38. The fourth-order valence-electron chi connectivity index (χ4n) is 5.93. The number of amides is 1. The van der Waals surface area contributed by atoms with Crippen LogP contribution >= 0.6 is 22.6 Å². The Morgan fingerprint density at radius 1 is 1.05 bits per heavy atom. The Bertz CT molecular complexity index is 1560. The molecule has 1 aromatic carbocycles. The number of carbonyl (C=O) groups is 1. The van der Waals surface area contributed by atoms with Crippen LogP contribution in [0.15, 0.2) is 24.3 Å². The van der Waals surface area contributed by atoms with E-state index in [1.807, 2.05) is 41.6 Å². The quantitative estimate of drug-likeness (QED) is 0.187. The highest BCUT2D eigenvalue weighted by molar-refractivity contribution is 14.1. The lowest BCUT2D eigenvalue weighted by atomic mass is 10.1. The molecule has 3 aliphatic heterocycles. The van der Waals surface area contributed by atoms with Crippen LogP contribution in [0.4, 0.5) is 5.82 Å². The van der Waals surface area contributed by atoms with E-state index >= 15 is 0 Å². The van der Waals surface area contributed by atoms with Crippen molar-refractivity contribution in [1.29, 1.82) is 0 Å². The molecule has 0 aliphatic carbocycles. The van der Waals surface area contributed by atoms with Gasteiger partial charge in [0.15, 0.2) is 17.0 Å². The monoisotopic (exact) mass is 641 g/mol. The van der Waals surface area contributed by atoms with Crippen molar-refractivity contribution in [1.82, 2.24) is 38.9 Å². The number of nitrogens with zero attached hydrogens (tertiary/aromatic N) is 9. The molecule has 0 bridgehead atoms. The summed E-state index contributed by atoms with van der Waals surface area (Å²) in [5, 5.41) is 0. The van der Waals surface area contributed by atoms with Crippen LogP contribution in [0.3, 0.4) is 0 Å². The predicted molar refractivity (Wildman–Crippen MR) is 156 cm³/mol. The van der Waals surface area contributed by atoms with Gasteiger partial charge in [-0.1, -0.05) is 34.7 Å². The van der Waals surface area contributed by atoms with Crippen LogP contribution < -0.4 is 4.90 Å². The van der Waals surface area contributed by atoms with Crippen LogP contribution in [-0.2, 0) is 23.1 Å². The number of aromatic nitrogens is 6. The molecule has 2 unspecified atom stereocenters. The van der Waals surface area contributed by atoms with Gasteiger partial charge in [-0.05, 0) is 38.4 Å². The number of morpholine rings is 1. The number of halogens is 1. The highest BCUT2D eigenvalue weighted by Crippen LogP contribution is 2.31. The van der Waals surface area contributed by atoms with Crippen LogP contribution in [0.25, 0.3) is 28.1 Å². The number of aryl methyl sites for hydroxylation is 2. The van der Waals surface area contributed by atoms with Gasteiger partial charge in [-0.15, -0.1) is 0 Å². The molecule has 12 heteroatoms. The van der Waals surface area contributed by atoms with Crippen molar-refractivity contribution < 1.29 is 9.53 Å². The summed E-state index contributed by atoms with van der Waals surface area (Å²) in [5.41, 5.74) is 3.50. The van der Waals surface area contributed by atoms with Crippen LogP contribution in [0.1, 0.15) is 24.5 Å². The van der Waals surface area contributed by atoms with Crippen molar-refractivity contribution in [3.8, 4) is 5.95 Å². The molecule has 4 aromatic rings. The topological polar surface area (TPSA) is 97.4 Å². The Kier molecular flexibility index (Phi) is 6.43. The molecule has 0 saturated carbocycles.